The van der Waals surface area contributed by atoms with E-state index in [-0.39, 0.29) is 22.6 Å². The second kappa shape index (κ2) is 7.38. The van der Waals surface area contributed by atoms with Gasteiger partial charge in [0.05, 0.1) is 11.8 Å². The van der Waals surface area contributed by atoms with Crippen LogP contribution in [-0.4, -0.2) is 65.1 Å². The molecule has 2 aliphatic heterocycles. The first-order chi connectivity index (χ1) is 11.8. The zero-order valence-electron chi connectivity index (χ0n) is 15.2. The summed E-state index contributed by atoms with van der Waals surface area (Å²) in [5.74, 6) is 0.286. The lowest BCUT2D eigenvalue weighted by atomic mass is 10.1. The monoisotopic (exact) mass is 361 g/mol. The van der Waals surface area contributed by atoms with Crippen LogP contribution in [0.25, 0.3) is 0 Å². The van der Waals surface area contributed by atoms with E-state index >= 15 is 0 Å². The molecule has 1 fully saturated rings. The molecule has 6 heteroatoms. The molecule has 2 aliphatic rings. The average molecular weight is 362 g/mol. The predicted molar refractivity (Wildman–Crippen MR) is 101 cm³/mol. The highest BCUT2D eigenvalue weighted by molar-refractivity contribution is 8.01. The summed E-state index contributed by atoms with van der Waals surface area (Å²) in [7, 11) is 0. The quantitative estimate of drug-likeness (QED) is 0.891. The predicted octanol–water partition coefficient (Wildman–Crippen LogP) is 1.76. The average Bonchev–Trinajstić information content (AvgIpc) is 2.97. The molecule has 0 radical (unpaired) electrons. The summed E-state index contributed by atoms with van der Waals surface area (Å²) in [6, 6.07) is 8.27. The van der Waals surface area contributed by atoms with E-state index in [9.17, 15) is 9.59 Å². The highest BCUT2D eigenvalue weighted by Crippen LogP contribution is 2.37. The number of carbonyl (C=O) groups excluding carboxylic acids is 2. The van der Waals surface area contributed by atoms with Crippen molar-refractivity contribution in [1.82, 2.24) is 15.1 Å². The summed E-state index contributed by atoms with van der Waals surface area (Å²) in [6.07, 6.45) is 0.827. The summed E-state index contributed by atoms with van der Waals surface area (Å²) >= 11 is 1.69. The molecule has 136 valence electrons. The summed E-state index contributed by atoms with van der Waals surface area (Å²) < 4.78 is 0. The van der Waals surface area contributed by atoms with Crippen LogP contribution in [-0.2, 0) is 16.0 Å². The molecule has 1 aromatic carbocycles. The first-order valence-corrected chi connectivity index (χ1v) is 9.76. The van der Waals surface area contributed by atoms with E-state index in [4.69, 9.17) is 0 Å². The van der Waals surface area contributed by atoms with Crippen molar-refractivity contribution in [3.63, 3.8) is 0 Å². The molecule has 1 N–H and O–H groups in total. The number of carbonyl (C=O) groups is 2. The maximum atomic E-state index is 12.8. The van der Waals surface area contributed by atoms with Crippen molar-refractivity contribution >= 4 is 23.6 Å². The first kappa shape index (κ1) is 18.3. The van der Waals surface area contributed by atoms with E-state index in [2.05, 4.69) is 22.3 Å². The Balaban J connectivity index is 1.46. The van der Waals surface area contributed by atoms with Gasteiger partial charge in [-0.15, -0.1) is 11.8 Å². The van der Waals surface area contributed by atoms with Gasteiger partial charge in [0.2, 0.25) is 11.8 Å². The van der Waals surface area contributed by atoms with Gasteiger partial charge in [-0.1, -0.05) is 18.2 Å². The van der Waals surface area contributed by atoms with Crippen LogP contribution in [0.2, 0.25) is 0 Å². The third kappa shape index (κ3) is 4.76. The molecule has 1 unspecified atom stereocenters. The molecule has 3 rings (SSSR count). The van der Waals surface area contributed by atoms with Gasteiger partial charge >= 0.3 is 0 Å². The van der Waals surface area contributed by atoms with Gasteiger partial charge in [0, 0.05) is 36.6 Å². The third-order valence-electron chi connectivity index (χ3n) is 4.49. The lowest BCUT2D eigenvalue weighted by molar-refractivity contribution is -0.132. The van der Waals surface area contributed by atoms with Crippen LogP contribution in [0, 0.1) is 0 Å². The minimum atomic E-state index is -0.205. The molecule has 0 saturated carbocycles. The fourth-order valence-corrected chi connectivity index (χ4v) is 4.59. The number of benzene rings is 1. The number of thioether (sulfide) groups is 1. The number of hydrogen-bond donors (Lipinski definition) is 1. The number of nitrogens with one attached hydrogen (secondary N) is 1. The lowest BCUT2D eigenvalue weighted by Gasteiger charge is -2.35. The number of hydrogen-bond acceptors (Lipinski definition) is 4. The van der Waals surface area contributed by atoms with E-state index in [1.54, 1.807) is 11.8 Å². The smallest absolute Gasteiger partial charge is 0.236 e. The molecule has 2 heterocycles. The molecule has 25 heavy (non-hydrogen) atoms. The van der Waals surface area contributed by atoms with Crippen LogP contribution in [0.5, 0.6) is 0 Å². The second-order valence-electron chi connectivity index (χ2n) is 7.82. The fourth-order valence-electron chi connectivity index (χ4n) is 3.31. The van der Waals surface area contributed by atoms with Gasteiger partial charge in [0.1, 0.15) is 0 Å². The number of rotatable bonds is 3. The zero-order chi connectivity index (χ0) is 18.0. The van der Waals surface area contributed by atoms with E-state index in [1.807, 2.05) is 37.8 Å². The highest BCUT2D eigenvalue weighted by atomic mass is 32.2. The van der Waals surface area contributed by atoms with Crippen LogP contribution in [0.3, 0.4) is 0 Å². The molecule has 0 aliphatic carbocycles. The molecular weight excluding hydrogens is 334 g/mol. The van der Waals surface area contributed by atoms with E-state index < -0.39 is 0 Å². The van der Waals surface area contributed by atoms with Gasteiger partial charge in [-0.3, -0.25) is 14.5 Å². The summed E-state index contributed by atoms with van der Waals surface area (Å²) in [5.41, 5.74) is 1.08. The Morgan fingerprint density at radius 1 is 1.16 bits per heavy atom. The van der Waals surface area contributed by atoms with Crippen molar-refractivity contribution in [2.75, 3.05) is 32.7 Å². The molecule has 0 bridgehead atoms. The SMILES string of the molecule is CC(C)(C)NC(=O)CN1CCN(C(=O)C2Cc3ccccc3S2)CC1. The normalized spacial score (nSPS) is 21.1. The number of fused-ring (bicyclic) bond motifs is 1. The van der Waals surface area contributed by atoms with Gasteiger partial charge in [0.25, 0.3) is 0 Å². The molecule has 0 spiro atoms. The van der Waals surface area contributed by atoms with Gasteiger partial charge < -0.3 is 10.2 Å². The van der Waals surface area contributed by atoms with Crippen molar-refractivity contribution < 1.29 is 9.59 Å². The Kier molecular flexibility index (Phi) is 5.39. The Morgan fingerprint density at radius 3 is 2.48 bits per heavy atom. The molecule has 1 atom stereocenters. The first-order valence-electron chi connectivity index (χ1n) is 8.88. The molecular formula is C19H27N3O2S. The van der Waals surface area contributed by atoms with Crippen LogP contribution >= 0.6 is 11.8 Å². The largest absolute Gasteiger partial charge is 0.350 e. The Hall–Kier alpha value is -1.53. The Morgan fingerprint density at radius 2 is 1.84 bits per heavy atom. The number of nitrogens with zero attached hydrogens (tertiary/aromatic N) is 2. The molecule has 0 aromatic heterocycles. The lowest BCUT2D eigenvalue weighted by Crippen LogP contribution is -2.54. The molecule has 2 amide bonds. The minimum absolute atomic E-state index is 0.00754. The van der Waals surface area contributed by atoms with Crippen LogP contribution in [0.1, 0.15) is 26.3 Å². The van der Waals surface area contributed by atoms with Gasteiger partial charge in [-0.2, -0.15) is 0 Å². The van der Waals surface area contributed by atoms with Crippen molar-refractivity contribution in [1.29, 1.82) is 0 Å². The summed E-state index contributed by atoms with van der Waals surface area (Å²) in [5, 5.41) is 3.00. The van der Waals surface area contributed by atoms with Crippen LogP contribution in [0.15, 0.2) is 29.2 Å². The van der Waals surface area contributed by atoms with E-state index in [0.717, 1.165) is 19.5 Å². The van der Waals surface area contributed by atoms with Crippen LogP contribution in [0.4, 0.5) is 0 Å². The Labute approximate surface area is 154 Å². The van der Waals surface area contributed by atoms with Gasteiger partial charge in [-0.05, 0) is 38.8 Å². The minimum Gasteiger partial charge on any atom is -0.350 e. The van der Waals surface area contributed by atoms with Crippen molar-refractivity contribution in [2.45, 2.75) is 42.9 Å². The second-order valence-corrected chi connectivity index (χ2v) is 9.06. The maximum absolute atomic E-state index is 12.8. The van der Waals surface area contributed by atoms with Crippen LogP contribution < -0.4 is 5.32 Å². The zero-order valence-corrected chi connectivity index (χ0v) is 16.1. The fraction of sp³-hybridized carbons (Fsp3) is 0.579. The van der Waals surface area contributed by atoms with E-state index in [0.29, 0.717) is 19.6 Å². The Bertz CT molecular complexity index is 623. The number of amides is 2. The maximum Gasteiger partial charge on any atom is 0.236 e. The highest BCUT2D eigenvalue weighted by Gasteiger charge is 2.33. The van der Waals surface area contributed by atoms with Gasteiger partial charge in [0.15, 0.2) is 0 Å². The summed E-state index contributed by atoms with van der Waals surface area (Å²) in [6.45, 7) is 9.28. The summed E-state index contributed by atoms with van der Waals surface area (Å²) in [4.78, 5) is 30.2. The van der Waals surface area contributed by atoms with E-state index in [1.165, 1.54) is 10.5 Å². The third-order valence-corrected chi connectivity index (χ3v) is 5.79. The van der Waals surface area contributed by atoms with Gasteiger partial charge in [-0.25, -0.2) is 0 Å². The van der Waals surface area contributed by atoms with Crippen molar-refractivity contribution in [3.05, 3.63) is 29.8 Å². The van der Waals surface area contributed by atoms with Crippen molar-refractivity contribution in [2.24, 2.45) is 0 Å². The standard InChI is InChI=1S/C19H27N3O2S/c1-19(2,3)20-17(23)13-21-8-10-22(11-9-21)18(24)16-12-14-6-4-5-7-15(14)25-16/h4-7,16H,8-13H2,1-3H3,(H,20,23). The molecule has 1 aromatic rings. The topological polar surface area (TPSA) is 52.7 Å². The molecule has 1 saturated heterocycles. The molecule has 5 nitrogen and oxygen atoms in total. The van der Waals surface area contributed by atoms with Crippen molar-refractivity contribution in [3.8, 4) is 0 Å². The number of piperazine rings is 1.